The number of rotatable bonds is 8. The number of non-ortho nitro benzene ring substituents is 1. The minimum atomic E-state index is -0.595. The van der Waals surface area contributed by atoms with E-state index in [1.54, 1.807) is 36.4 Å². The fraction of sp³-hybridized carbons (Fsp3) is 0.103. The number of hydrogen-bond donors (Lipinski definition) is 2. The maximum Gasteiger partial charge on any atom is 0.270 e. The van der Waals surface area contributed by atoms with Gasteiger partial charge >= 0.3 is 0 Å². The lowest BCUT2D eigenvalue weighted by molar-refractivity contribution is -0.384. The van der Waals surface area contributed by atoms with Crippen molar-refractivity contribution in [2.24, 2.45) is 0 Å². The smallest absolute Gasteiger partial charge is 0.270 e. The third kappa shape index (κ3) is 6.36. The summed E-state index contributed by atoms with van der Waals surface area (Å²) in [5, 5.41) is 16.2. The van der Waals surface area contributed by atoms with Crippen LogP contribution in [0.4, 0.5) is 17.1 Å². The van der Waals surface area contributed by atoms with Gasteiger partial charge in [-0.3, -0.25) is 19.7 Å². The van der Waals surface area contributed by atoms with Crippen LogP contribution in [-0.2, 0) is 4.79 Å². The molecule has 0 aliphatic carbocycles. The van der Waals surface area contributed by atoms with Gasteiger partial charge in [-0.2, -0.15) is 0 Å². The number of hydrogen-bond acceptors (Lipinski definition) is 7. The number of anilines is 2. The second-order valence-corrected chi connectivity index (χ2v) is 9.72. The molecule has 0 saturated carbocycles. The zero-order valence-electron chi connectivity index (χ0n) is 20.5. The van der Waals surface area contributed by atoms with Crippen LogP contribution in [0.25, 0.3) is 0 Å². The predicted molar refractivity (Wildman–Crippen MR) is 149 cm³/mol. The summed E-state index contributed by atoms with van der Waals surface area (Å²) in [6, 6.07) is 27.3. The number of carbonyl (C=O) groups excluding carboxylic acids is 2. The topological polar surface area (TPSA) is 120 Å². The Balaban J connectivity index is 1.34. The molecule has 9 nitrogen and oxygen atoms in total. The van der Waals surface area contributed by atoms with Crippen LogP contribution in [0.1, 0.15) is 21.2 Å². The number of thioether (sulfide) groups is 1. The van der Waals surface area contributed by atoms with Crippen LogP contribution < -0.4 is 20.1 Å². The van der Waals surface area contributed by atoms with Gasteiger partial charge in [0.25, 0.3) is 11.6 Å². The van der Waals surface area contributed by atoms with Gasteiger partial charge in [-0.1, -0.05) is 42.5 Å². The summed E-state index contributed by atoms with van der Waals surface area (Å²) in [4.78, 5) is 37.5. The van der Waals surface area contributed by atoms with Gasteiger partial charge in [-0.05, 0) is 42.0 Å². The Morgan fingerprint density at radius 1 is 0.795 bits per heavy atom. The molecule has 0 radical (unpaired) electrons. The summed E-state index contributed by atoms with van der Waals surface area (Å²) in [7, 11) is 0. The molecule has 1 heterocycles. The minimum Gasteiger partial charge on any atom is -0.486 e. The van der Waals surface area contributed by atoms with E-state index in [-0.39, 0.29) is 17.2 Å². The number of ether oxygens (including phenoxy) is 2. The molecule has 0 fully saturated rings. The van der Waals surface area contributed by atoms with Crippen molar-refractivity contribution in [3.05, 3.63) is 118 Å². The fourth-order valence-electron chi connectivity index (χ4n) is 3.98. The van der Waals surface area contributed by atoms with Crippen LogP contribution in [0, 0.1) is 10.1 Å². The molecule has 0 bridgehead atoms. The largest absolute Gasteiger partial charge is 0.486 e. The zero-order valence-corrected chi connectivity index (χ0v) is 21.4. The van der Waals surface area contributed by atoms with E-state index in [0.29, 0.717) is 36.1 Å². The summed E-state index contributed by atoms with van der Waals surface area (Å²) in [6.07, 6.45) is 0. The van der Waals surface area contributed by atoms with Crippen LogP contribution in [0.3, 0.4) is 0 Å². The Bertz CT molecular complexity index is 1530. The van der Waals surface area contributed by atoms with Gasteiger partial charge in [0.1, 0.15) is 18.5 Å². The van der Waals surface area contributed by atoms with Gasteiger partial charge in [0.15, 0.2) is 11.5 Å². The second kappa shape index (κ2) is 11.7. The van der Waals surface area contributed by atoms with Crippen molar-refractivity contribution in [2.45, 2.75) is 10.1 Å². The van der Waals surface area contributed by atoms with Gasteiger partial charge < -0.3 is 20.1 Å². The molecule has 0 spiro atoms. The van der Waals surface area contributed by atoms with E-state index in [2.05, 4.69) is 10.6 Å². The molecule has 39 heavy (non-hydrogen) atoms. The average molecular weight is 542 g/mol. The summed E-state index contributed by atoms with van der Waals surface area (Å²) in [5.41, 5.74) is 1.90. The molecule has 0 aromatic heterocycles. The first-order chi connectivity index (χ1) is 19.0. The first-order valence-corrected chi connectivity index (χ1v) is 12.9. The number of nitro groups is 1. The highest BCUT2D eigenvalue weighted by Crippen LogP contribution is 2.38. The first-order valence-electron chi connectivity index (χ1n) is 12.0. The van der Waals surface area contributed by atoms with Gasteiger partial charge in [-0.15, -0.1) is 11.8 Å². The second-order valence-electron chi connectivity index (χ2n) is 8.55. The Labute approximate surface area is 228 Å². The lowest BCUT2D eigenvalue weighted by atomic mass is 10.1. The number of nitro benzene ring substituents is 1. The molecule has 5 rings (SSSR count). The van der Waals surface area contributed by atoms with Crippen LogP contribution >= 0.6 is 11.8 Å². The van der Waals surface area contributed by atoms with Crippen molar-refractivity contribution in [1.82, 2.24) is 0 Å². The van der Waals surface area contributed by atoms with Crippen molar-refractivity contribution in [2.75, 3.05) is 23.8 Å². The van der Waals surface area contributed by atoms with Crippen molar-refractivity contribution < 1.29 is 24.0 Å². The molecule has 4 aromatic carbocycles. The number of benzene rings is 4. The Morgan fingerprint density at radius 3 is 2.33 bits per heavy atom. The van der Waals surface area contributed by atoms with Crippen molar-refractivity contribution >= 4 is 40.6 Å². The van der Waals surface area contributed by atoms with Crippen LogP contribution in [0.5, 0.6) is 11.5 Å². The normalized spacial score (nSPS) is 12.7. The number of amides is 2. The molecule has 0 saturated heterocycles. The summed E-state index contributed by atoms with van der Waals surface area (Å²) in [5.74, 6) is 0.512. The van der Waals surface area contributed by atoms with Gasteiger partial charge in [0.2, 0.25) is 5.91 Å². The molecule has 2 amide bonds. The molecule has 1 atom stereocenters. The average Bonchev–Trinajstić information content (AvgIpc) is 2.96. The van der Waals surface area contributed by atoms with E-state index in [4.69, 9.17) is 9.47 Å². The molecular weight excluding hydrogens is 518 g/mol. The maximum absolute atomic E-state index is 13.5. The van der Waals surface area contributed by atoms with E-state index < -0.39 is 16.1 Å². The van der Waals surface area contributed by atoms with Crippen LogP contribution in [0.2, 0.25) is 0 Å². The predicted octanol–water partition coefficient (Wildman–Crippen LogP) is 6.09. The molecule has 1 aliphatic heterocycles. The van der Waals surface area contributed by atoms with E-state index in [1.807, 2.05) is 36.4 Å². The van der Waals surface area contributed by atoms with Crippen LogP contribution in [0.15, 0.2) is 102 Å². The summed E-state index contributed by atoms with van der Waals surface area (Å²) < 4.78 is 11.2. The SMILES string of the molecule is O=C(Nc1cccc(SC(C(=O)Nc2ccc3c(c2)OCCO3)c2ccccc2)c1)c1cccc([N+](=O)[O-])c1. The highest BCUT2D eigenvalue weighted by molar-refractivity contribution is 8.00. The maximum atomic E-state index is 13.5. The number of nitrogens with one attached hydrogen (secondary N) is 2. The highest BCUT2D eigenvalue weighted by atomic mass is 32.2. The van der Waals surface area contributed by atoms with Crippen molar-refractivity contribution in [3.8, 4) is 11.5 Å². The summed E-state index contributed by atoms with van der Waals surface area (Å²) in [6.45, 7) is 0.928. The Morgan fingerprint density at radius 2 is 1.54 bits per heavy atom. The Kier molecular flexibility index (Phi) is 7.74. The number of carbonyl (C=O) groups is 2. The van der Waals surface area contributed by atoms with Crippen LogP contribution in [-0.4, -0.2) is 30.0 Å². The minimum absolute atomic E-state index is 0.165. The van der Waals surface area contributed by atoms with Crippen molar-refractivity contribution in [1.29, 1.82) is 0 Å². The third-order valence-electron chi connectivity index (χ3n) is 5.82. The number of nitrogens with zero attached hydrogens (tertiary/aromatic N) is 1. The van der Waals surface area contributed by atoms with E-state index in [9.17, 15) is 19.7 Å². The van der Waals surface area contributed by atoms with E-state index in [1.165, 1.54) is 36.0 Å². The lowest BCUT2D eigenvalue weighted by Gasteiger charge is -2.20. The standard InChI is InChI=1S/C29H23N3O6S/c33-28(20-8-4-10-23(16-20)32(35)36)30-21-9-5-11-24(17-21)39-27(19-6-2-1-3-7-19)29(34)31-22-12-13-25-26(18-22)38-15-14-37-25/h1-13,16-18,27H,14-15H2,(H,30,33)(H,31,34). The monoisotopic (exact) mass is 541 g/mol. The molecular formula is C29H23N3O6S. The Hall–Kier alpha value is -4.83. The van der Waals surface area contributed by atoms with Crippen molar-refractivity contribution in [3.63, 3.8) is 0 Å². The lowest BCUT2D eigenvalue weighted by Crippen LogP contribution is -2.20. The molecule has 1 unspecified atom stereocenters. The molecule has 196 valence electrons. The van der Waals surface area contributed by atoms with E-state index in [0.717, 1.165) is 10.5 Å². The highest BCUT2D eigenvalue weighted by Gasteiger charge is 2.23. The fourth-order valence-corrected chi connectivity index (χ4v) is 5.06. The molecule has 4 aromatic rings. The quantitative estimate of drug-likeness (QED) is 0.157. The van der Waals surface area contributed by atoms with Gasteiger partial charge in [-0.25, -0.2) is 0 Å². The third-order valence-corrected chi connectivity index (χ3v) is 7.06. The van der Waals surface area contributed by atoms with E-state index >= 15 is 0 Å². The van der Waals surface area contributed by atoms with Gasteiger partial charge in [0, 0.05) is 40.0 Å². The first kappa shape index (κ1) is 25.8. The molecule has 1 aliphatic rings. The van der Waals surface area contributed by atoms with Gasteiger partial charge in [0.05, 0.1) is 4.92 Å². The summed E-state index contributed by atoms with van der Waals surface area (Å²) >= 11 is 1.33. The molecule has 2 N–H and O–H groups in total. The molecule has 10 heteroatoms. The number of fused-ring (bicyclic) bond motifs is 1. The zero-order chi connectivity index (χ0) is 27.2.